The summed E-state index contributed by atoms with van der Waals surface area (Å²) in [4.78, 5) is 11.2. The lowest BCUT2D eigenvalue weighted by Gasteiger charge is -2.05. The van der Waals surface area contributed by atoms with Crippen LogP contribution in [-0.2, 0) is 17.6 Å². The minimum atomic E-state index is -0.0146. The van der Waals surface area contributed by atoms with Crippen LogP contribution in [0.1, 0.15) is 29.4 Å². The first-order valence-electron chi connectivity index (χ1n) is 8.12. The number of furan rings is 1. The zero-order valence-electron chi connectivity index (χ0n) is 13.8. The van der Waals surface area contributed by atoms with E-state index in [4.69, 9.17) is 4.42 Å². The van der Waals surface area contributed by atoms with Crippen LogP contribution >= 0.6 is 0 Å². The second-order valence-electron chi connectivity index (χ2n) is 5.86. The van der Waals surface area contributed by atoms with Crippen LogP contribution in [0.3, 0.4) is 0 Å². The molecule has 1 amide bonds. The number of fused-ring (bicyclic) bond motifs is 1. The van der Waals surface area contributed by atoms with Crippen LogP contribution < -0.4 is 5.32 Å². The molecule has 0 saturated carbocycles. The molecular weight excluding hydrogens is 298 g/mol. The van der Waals surface area contributed by atoms with Gasteiger partial charge < -0.3 is 9.73 Å². The van der Waals surface area contributed by atoms with Crippen molar-refractivity contribution in [1.82, 2.24) is 5.32 Å². The molecule has 3 heteroatoms. The van der Waals surface area contributed by atoms with Gasteiger partial charge in [0.15, 0.2) is 0 Å². The van der Waals surface area contributed by atoms with Gasteiger partial charge in [-0.2, -0.15) is 0 Å². The van der Waals surface area contributed by atoms with Crippen molar-refractivity contribution in [3.8, 4) is 0 Å². The molecule has 0 radical (unpaired) electrons. The zero-order valence-corrected chi connectivity index (χ0v) is 13.8. The average Bonchev–Trinajstić information content (AvgIpc) is 2.92. The molecule has 0 aliphatic carbocycles. The molecule has 0 spiro atoms. The van der Waals surface area contributed by atoms with Crippen molar-refractivity contribution >= 4 is 23.0 Å². The van der Waals surface area contributed by atoms with Gasteiger partial charge in [-0.1, -0.05) is 49.1 Å². The molecule has 1 heterocycles. The Balaban J connectivity index is 1.98. The topological polar surface area (TPSA) is 42.2 Å². The third-order valence-corrected chi connectivity index (χ3v) is 4.09. The minimum Gasteiger partial charge on any atom is -0.460 e. The van der Waals surface area contributed by atoms with E-state index in [1.54, 1.807) is 0 Å². The van der Waals surface area contributed by atoms with Crippen LogP contribution in [0.5, 0.6) is 0 Å². The molecular formula is C21H21NO2. The van der Waals surface area contributed by atoms with E-state index in [2.05, 4.69) is 30.1 Å². The average molecular weight is 319 g/mol. The standard InChI is InChI=1S/C21H21NO2/c1-3-16-9-10-20-19(13-16)18(11-12-22-15(2)23)21(24-20)14-17-7-5-4-6-8-17/h3-10,13H,1,11-12,14H2,2H3,(H,22,23). The molecule has 2 aromatic carbocycles. The highest BCUT2D eigenvalue weighted by Gasteiger charge is 2.15. The molecule has 0 aliphatic rings. The summed E-state index contributed by atoms with van der Waals surface area (Å²) >= 11 is 0. The summed E-state index contributed by atoms with van der Waals surface area (Å²) in [5.74, 6) is 0.946. The monoisotopic (exact) mass is 319 g/mol. The fourth-order valence-electron chi connectivity index (χ4n) is 2.91. The maximum atomic E-state index is 11.2. The third kappa shape index (κ3) is 3.57. The highest BCUT2D eigenvalue weighted by molar-refractivity contribution is 5.85. The summed E-state index contributed by atoms with van der Waals surface area (Å²) < 4.78 is 6.11. The molecule has 3 rings (SSSR count). The second kappa shape index (κ2) is 7.18. The molecule has 1 N–H and O–H groups in total. The molecule has 0 bridgehead atoms. The van der Waals surface area contributed by atoms with Crippen molar-refractivity contribution in [2.24, 2.45) is 0 Å². The van der Waals surface area contributed by atoms with Crippen LogP contribution in [0.2, 0.25) is 0 Å². The number of hydrogen-bond acceptors (Lipinski definition) is 2. The molecule has 3 nitrogen and oxygen atoms in total. The molecule has 3 aromatic rings. The van der Waals surface area contributed by atoms with Crippen molar-refractivity contribution in [2.75, 3.05) is 6.54 Å². The van der Waals surface area contributed by atoms with Crippen LogP contribution in [0, 0.1) is 0 Å². The van der Waals surface area contributed by atoms with Gasteiger partial charge in [-0.15, -0.1) is 0 Å². The summed E-state index contributed by atoms with van der Waals surface area (Å²) in [6, 6.07) is 16.4. The lowest BCUT2D eigenvalue weighted by Crippen LogP contribution is -2.22. The largest absolute Gasteiger partial charge is 0.460 e. The zero-order chi connectivity index (χ0) is 16.9. The minimum absolute atomic E-state index is 0.0146. The van der Waals surface area contributed by atoms with E-state index in [0.29, 0.717) is 6.54 Å². The number of amides is 1. The Labute approximate surface area is 142 Å². The summed E-state index contributed by atoms with van der Waals surface area (Å²) in [5, 5.41) is 3.97. The van der Waals surface area contributed by atoms with E-state index in [9.17, 15) is 4.79 Å². The van der Waals surface area contributed by atoms with Gasteiger partial charge in [-0.05, 0) is 29.7 Å². The Morgan fingerprint density at radius 1 is 1.21 bits per heavy atom. The molecule has 122 valence electrons. The van der Waals surface area contributed by atoms with Crippen LogP contribution in [0.4, 0.5) is 0 Å². The Morgan fingerprint density at radius 2 is 2.00 bits per heavy atom. The fraction of sp³-hybridized carbons (Fsp3) is 0.190. The van der Waals surface area contributed by atoms with Crippen LogP contribution in [0.25, 0.3) is 17.0 Å². The van der Waals surface area contributed by atoms with Crippen LogP contribution in [-0.4, -0.2) is 12.5 Å². The molecule has 1 aromatic heterocycles. The number of carbonyl (C=O) groups is 1. The normalized spacial score (nSPS) is 10.7. The maximum Gasteiger partial charge on any atom is 0.216 e. The number of carbonyl (C=O) groups excluding carboxylic acids is 1. The second-order valence-corrected chi connectivity index (χ2v) is 5.86. The third-order valence-electron chi connectivity index (χ3n) is 4.09. The number of hydrogen-bond donors (Lipinski definition) is 1. The van der Waals surface area contributed by atoms with E-state index >= 15 is 0 Å². The van der Waals surface area contributed by atoms with E-state index in [1.807, 2.05) is 36.4 Å². The van der Waals surface area contributed by atoms with Gasteiger partial charge in [0.05, 0.1) is 0 Å². The quantitative estimate of drug-likeness (QED) is 0.734. The smallest absolute Gasteiger partial charge is 0.216 e. The fourth-order valence-corrected chi connectivity index (χ4v) is 2.91. The van der Waals surface area contributed by atoms with Crippen molar-refractivity contribution < 1.29 is 9.21 Å². The van der Waals surface area contributed by atoms with Crippen molar-refractivity contribution in [1.29, 1.82) is 0 Å². The lowest BCUT2D eigenvalue weighted by molar-refractivity contribution is -0.118. The highest BCUT2D eigenvalue weighted by atomic mass is 16.3. The summed E-state index contributed by atoms with van der Waals surface area (Å²) in [5.41, 5.74) is 4.31. The molecule has 0 fully saturated rings. The van der Waals surface area contributed by atoms with E-state index in [-0.39, 0.29) is 5.91 Å². The Morgan fingerprint density at radius 3 is 2.71 bits per heavy atom. The van der Waals surface area contributed by atoms with Gasteiger partial charge in [0, 0.05) is 30.8 Å². The van der Waals surface area contributed by atoms with Gasteiger partial charge in [0.2, 0.25) is 5.91 Å². The van der Waals surface area contributed by atoms with Crippen molar-refractivity contribution in [2.45, 2.75) is 19.8 Å². The molecule has 0 unspecified atom stereocenters. The highest BCUT2D eigenvalue weighted by Crippen LogP contribution is 2.29. The van der Waals surface area contributed by atoms with E-state index < -0.39 is 0 Å². The predicted molar refractivity (Wildman–Crippen MR) is 97.9 cm³/mol. The van der Waals surface area contributed by atoms with Crippen molar-refractivity contribution in [3.63, 3.8) is 0 Å². The number of rotatable bonds is 6. The van der Waals surface area contributed by atoms with E-state index in [0.717, 1.165) is 40.7 Å². The SMILES string of the molecule is C=Cc1ccc2oc(Cc3ccccc3)c(CCNC(C)=O)c2c1. The first kappa shape index (κ1) is 16.1. The first-order chi connectivity index (χ1) is 11.7. The Bertz CT molecular complexity index is 862. The van der Waals surface area contributed by atoms with Gasteiger partial charge in [0.25, 0.3) is 0 Å². The number of benzene rings is 2. The lowest BCUT2D eigenvalue weighted by atomic mass is 10.0. The Hall–Kier alpha value is -2.81. The Kier molecular flexibility index (Phi) is 4.80. The maximum absolute atomic E-state index is 11.2. The molecule has 24 heavy (non-hydrogen) atoms. The molecule has 0 saturated heterocycles. The van der Waals surface area contributed by atoms with Gasteiger partial charge >= 0.3 is 0 Å². The first-order valence-corrected chi connectivity index (χ1v) is 8.12. The van der Waals surface area contributed by atoms with Crippen LogP contribution in [0.15, 0.2) is 59.5 Å². The molecule has 0 aliphatic heterocycles. The summed E-state index contributed by atoms with van der Waals surface area (Å²) in [6.45, 7) is 5.98. The summed E-state index contributed by atoms with van der Waals surface area (Å²) in [6.07, 6.45) is 3.32. The van der Waals surface area contributed by atoms with Gasteiger partial charge in [-0.3, -0.25) is 4.79 Å². The number of nitrogens with one attached hydrogen (secondary N) is 1. The summed E-state index contributed by atoms with van der Waals surface area (Å²) in [7, 11) is 0. The molecule has 0 atom stereocenters. The van der Waals surface area contributed by atoms with E-state index in [1.165, 1.54) is 12.5 Å². The van der Waals surface area contributed by atoms with Crippen molar-refractivity contribution in [3.05, 3.63) is 77.6 Å². The van der Waals surface area contributed by atoms with Gasteiger partial charge in [-0.25, -0.2) is 0 Å². The predicted octanol–water partition coefficient (Wildman–Crippen LogP) is 4.35. The van der Waals surface area contributed by atoms with Gasteiger partial charge in [0.1, 0.15) is 11.3 Å².